The van der Waals surface area contributed by atoms with Crippen LogP contribution in [-0.4, -0.2) is 52.2 Å². The van der Waals surface area contributed by atoms with Gasteiger partial charge in [-0.1, -0.05) is 6.07 Å². The van der Waals surface area contributed by atoms with Crippen molar-refractivity contribution < 1.29 is 4.79 Å². The second kappa shape index (κ2) is 7.76. The maximum absolute atomic E-state index is 12.8. The summed E-state index contributed by atoms with van der Waals surface area (Å²) in [5.74, 6) is 0.943. The minimum atomic E-state index is 0.0990. The van der Waals surface area contributed by atoms with Crippen molar-refractivity contribution in [2.24, 2.45) is 0 Å². The molecule has 0 spiro atoms. The first-order chi connectivity index (χ1) is 13.6. The number of anilines is 1. The van der Waals surface area contributed by atoms with Gasteiger partial charge >= 0.3 is 0 Å². The molecule has 3 heterocycles. The van der Waals surface area contributed by atoms with Crippen LogP contribution >= 0.6 is 0 Å². The third-order valence-electron chi connectivity index (χ3n) is 5.27. The molecular formula is C22H23N5O. The number of carbonyl (C=O) groups excluding carboxylic acids is 1. The zero-order valence-electron chi connectivity index (χ0n) is 16.2. The van der Waals surface area contributed by atoms with E-state index in [1.807, 2.05) is 54.3 Å². The zero-order chi connectivity index (χ0) is 19.5. The molecule has 0 radical (unpaired) electrons. The van der Waals surface area contributed by atoms with E-state index in [4.69, 9.17) is 0 Å². The van der Waals surface area contributed by atoms with Crippen molar-refractivity contribution in [3.8, 4) is 11.3 Å². The first-order valence-corrected chi connectivity index (χ1v) is 9.47. The van der Waals surface area contributed by atoms with Crippen molar-refractivity contribution in [1.29, 1.82) is 0 Å². The highest BCUT2D eigenvalue weighted by Crippen LogP contribution is 2.19. The topological polar surface area (TPSA) is 62.2 Å². The van der Waals surface area contributed by atoms with Crippen molar-refractivity contribution in [3.05, 3.63) is 71.5 Å². The molecule has 4 rings (SSSR count). The Morgan fingerprint density at radius 3 is 2.25 bits per heavy atom. The van der Waals surface area contributed by atoms with E-state index in [0.29, 0.717) is 13.1 Å². The van der Waals surface area contributed by atoms with Crippen LogP contribution in [0.3, 0.4) is 0 Å². The molecule has 3 aromatic rings. The molecule has 142 valence electrons. The summed E-state index contributed by atoms with van der Waals surface area (Å²) in [6.45, 7) is 6.96. The Bertz CT molecular complexity index is 964. The summed E-state index contributed by atoms with van der Waals surface area (Å²) in [7, 11) is 0. The van der Waals surface area contributed by atoms with Crippen molar-refractivity contribution in [2.75, 3.05) is 31.1 Å². The number of aromatic nitrogens is 3. The lowest BCUT2D eigenvalue weighted by molar-refractivity contribution is 0.0746. The van der Waals surface area contributed by atoms with Crippen LogP contribution in [0.5, 0.6) is 0 Å². The number of amides is 1. The zero-order valence-corrected chi connectivity index (χ0v) is 16.2. The highest BCUT2D eigenvalue weighted by Gasteiger charge is 2.23. The predicted octanol–water partition coefficient (Wildman–Crippen LogP) is 3.12. The van der Waals surface area contributed by atoms with Crippen molar-refractivity contribution in [2.45, 2.75) is 13.8 Å². The molecule has 1 fully saturated rings. The molecule has 0 unspecified atom stereocenters. The molecular weight excluding hydrogens is 350 g/mol. The van der Waals surface area contributed by atoms with Crippen molar-refractivity contribution in [3.63, 3.8) is 0 Å². The Balaban J connectivity index is 1.40. The third kappa shape index (κ3) is 3.71. The lowest BCUT2D eigenvalue weighted by Gasteiger charge is -2.35. The third-order valence-corrected chi connectivity index (χ3v) is 5.27. The molecule has 0 atom stereocenters. The van der Waals surface area contributed by atoms with E-state index in [-0.39, 0.29) is 5.91 Å². The van der Waals surface area contributed by atoms with E-state index in [0.717, 1.165) is 41.3 Å². The summed E-state index contributed by atoms with van der Waals surface area (Å²) >= 11 is 0. The maximum atomic E-state index is 12.8. The van der Waals surface area contributed by atoms with Gasteiger partial charge in [0.15, 0.2) is 5.82 Å². The van der Waals surface area contributed by atoms with Crippen LogP contribution in [0.2, 0.25) is 0 Å². The fraction of sp³-hybridized carbons (Fsp3) is 0.273. The predicted molar refractivity (Wildman–Crippen MR) is 109 cm³/mol. The molecule has 0 saturated carbocycles. The molecule has 1 saturated heterocycles. The number of benzene rings is 1. The maximum Gasteiger partial charge on any atom is 0.253 e. The summed E-state index contributed by atoms with van der Waals surface area (Å²) < 4.78 is 0. The number of aryl methyl sites for hydroxylation is 2. The van der Waals surface area contributed by atoms with Gasteiger partial charge in [0.2, 0.25) is 0 Å². The minimum absolute atomic E-state index is 0.0990. The Morgan fingerprint density at radius 1 is 0.857 bits per heavy atom. The lowest BCUT2D eigenvalue weighted by atomic mass is 10.1. The minimum Gasteiger partial charge on any atom is -0.352 e. The largest absolute Gasteiger partial charge is 0.352 e. The molecule has 6 nitrogen and oxygen atoms in total. The van der Waals surface area contributed by atoms with Gasteiger partial charge < -0.3 is 9.80 Å². The highest BCUT2D eigenvalue weighted by molar-refractivity contribution is 5.94. The van der Waals surface area contributed by atoms with Crippen LogP contribution in [0.1, 0.15) is 21.5 Å². The second-order valence-corrected chi connectivity index (χ2v) is 7.09. The standard InChI is InChI=1S/C22H23N5O/c1-16-3-4-19(15-17(16)2)22(28)27-13-11-26(12-14-27)21-6-5-20(24-25-21)18-7-9-23-10-8-18/h3-10,15H,11-14H2,1-2H3. The number of piperazine rings is 1. The van der Waals surface area contributed by atoms with Crippen molar-refractivity contribution in [1.82, 2.24) is 20.1 Å². The molecule has 1 aliphatic rings. The van der Waals surface area contributed by atoms with Crippen LogP contribution in [-0.2, 0) is 0 Å². The second-order valence-electron chi connectivity index (χ2n) is 7.09. The van der Waals surface area contributed by atoms with Crippen molar-refractivity contribution >= 4 is 11.7 Å². The van der Waals surface area contributed by atoms with Crippen LogP contribution in [0.25, 0.3) is 11.3 Å². The fourth-order valence-corrected chi connectivity index (χ4v) is 3.37. The molecule has 0 bridgehead atoms. The molecule has 1 amide bonds. The first kappa shape index (κ1) is 18.1. The Morgan fingerprint density at radius 2 is 1.61 bits per heavy atom. The lowest BCUT2D eigenvalue weighted by Crippen LogP contribution is -2.49. The van der Waals surface area contributed by atoms with E-state index in [1.54, 1.807) is 12.4 Å². The van der Waals surface area contributed by atoms with Gasteiger partial charge in [-0.05, 0) is 61.4 Å². The number of hydrogen-bond donors (Lipinski definition) is 0. The smallest absolute Gasteiger partial charge is 0.253 e. The molecule has 0 N–H and O–H groups in total. The van der Waals surface area contributed by atoms with Crippen LogP contribution < -0.4 is 4.90 Å². The van der Waals surface area contributed by atoms with Crippen LogP contribution in [0.15, 0.2) is 54.9 Å². The van der Waals surface area contributed by atoms with Crippen LogP contribution in [0, 0.1) is 13.8 Å². The van der Waals surface area contributed by atoms with Gasteiger partial charge in [0.25, 0.3) is 5.91 Å². The quantitative estimate of drug-likeness (QED) is 0.706. The number of pyridine rings is 1. The summed E-state index contributed by atoms with van der Waals surface area (Å²) in [4.78, 5) is 20.9. The van der Waals surface area contributed by atoms with E-state index >= 15 is 0 Å². The van der Waals surface area contributed by atoms with Gasteiger partial charge in [-0.25, -0.2) is 0 Å². The van der Waals surface area contributed by atoms with Gasteiger partial charge in [-0.2, -0.15) is 0 Å². The van der Waals surface area contributed by atoms with Gasteiger partial charge in [-0.3, -0.25) is 9.78 Å². The Hall–Kier alpha value is -3.28. The average molecular weight is 373 g/mol. The normalized spacial score (nSPS) is 14.2. The average Bonchev–Trinajstić information content (AvgIpc) is 2.76. The number of hydrogen-bond acceptors (Lipinski definition) is 5. The SMILES string of the molecule is Cc1ccc(C(=O)N2CCN(c3ccc(-c4ccncc4)nn3)CC2)cc1C. The molecule has 6 heteroatoms. The number of nitrogens with zero attached hydrogens (tertiary/aromatic N) is 5. The van der Waals surface area contributed by atoms with Gasteiger partial charge in [0, 0.05) is 49.7 Å². The molecule has 0 aliphatic carbocycles. The molecule has 1 aliphatic heterocycles. The summed E-state index contributed by atoms with van der Waals surface area (Å²) in [5.41, 5.74) is 4.94. The molecule has 28 heavy (non-hydrogen) atoms. The molecule has 1 aromatic carbocycles. The van der Waals surface area contributed by atoms with Gasteiger partial charge in [-0.15, -0.1) is 10.2 Å². The number of carbonyl (C=O) groups is 1. The van der Waals surface area contributed by atoms with E-state index in [2.05, 4.69) is 27.0 Å². The monoisotopic (exact) mass is 373 g/mol. The summed E-state index contributed by atoms with van der Waals surface area (Å²) in [6, 6.07) is 13.7. The van der Waals surface area contributed by atoms with E-state index < -0.39 is 0 Å². The van der Waals surface area contributed by atoms with Gasteiger partial charge in [0.1, 0.15) is 0 Å². The Kier molecular flexibility index (Phi) is 5.02. The number of rotatable bonds is 3. The van der Waals surface area contributed by atoms with Gasteiger partial charge in [0.05, 0.1) is 5.69 Å². The van der Waals surface area contributed by atoms with Crippen LogP contribution in [0.4, 0.5) is 5.82 Å². The fourth-order valence-electron chi connectivity index (χ4n) is 3.37. The highest BCUT2D eigenvalue weighted by atomic mass is 16.2. The summed E-state index contributed by atoms with van der Waals surface area (Å²) in [6.07, 6.45) is 3.49. The summed E-state index contributed by atoms with van der Waals surface area (Å²) in [5, 5.41) is 8.72. The first-order valence-electron chi connectivity index (χ1n) is 9.47. The Labute approximate surface area is 164 Å². The van der Waals surface area contributed by atoms with E-state index in [9.17, 15) is 4.79 Å². The van der Waals surface area contributed by atoms with E-state index in [1.165, 1.54) is 5.56 Å². The molecule has 2 aromatic heterocycles.